The summed E-state index contributed by atoms with van der Waals surface area (Å²) in [6.07, 6.45) is 6.00. The molecule has 0 amide bonds. The fraction of sp³-hybridized carbons (Fsp3) is 0.958. The van der Waals surface area contributed by atoms with Crippen molar-refractivity contribution in [3.05, 3.63) is 0 Å². The van der Waals surface area contributed by atoms with Gasteiger partial charge in [0, 0.05) is 6.42 Å². The number of carboxylic acids is 1. The molecule has 0 aromatic rings. The number of aliphatic carboxylic acids is 1. The van der Waals surface area contributed by atoms with Gasteiger partial charge in [0.05, 0.1) is 18.3 Å². The van der Waals surface area contributed by atoms with Crippen molar-refractivity contribution < 1.29 is 25.2 Å². The molecular formula is C24H40O5. The van der Waals surface area contributed by atoms with E-state index in [1.54, 1.807) is 0 Å². The monoisotopic (exact) mass is 408 g/mol. The summed E-state index contributed by atoms with van der Waals surface area (Å²) in [5.41, 5.74) is -0.143. The maximum atomic E-state index is 11.5. The highest BCUT2D eigenvalue weighted by atomic mass is 16.4. The van der Waals surface area contributed by atoms with Gasteiger partial charge >= 0.3 is 5.97 Å². The lowest BCUT2D eigenvalue weighted by Gasteiger charge is -2.63. The smallest absolute Gasteiger partial charge is 0.303 e. The fourth-order valence-corrected chi connectivity index (χ4v) is 8.68. The molecule has 0 saturated heterocycles. The van der Waals surface area contributed by atoms with Crippen LogP contribution in [0.15, 0.2) is 0 Å². The van der Waals surface area contributed by atoms with Crippen LogP contribution in [0.1, 0.15) is 78.6 Å². The Bertz CT molecular complexity index is 637. The quantitative estimate of drug-likeness (QED) is 0.571. The van der Waals surface area contributed by atoms with Gasteiger partial charge in [0.25, 0.3) is 0 Å². The molecule has 5 nitrogen and oxygen atoms in total. The molecular weight excluding hydrogens is 368 g/mol. The van der Waals surface area contributed by atoms with E-state index in [-0.39, 0.29) is 41.3 Å². The van der Waals surface area contributed by atoms with Crippen LogP contribution in [0.4, 0.5) is 0 Å². The van der Waals surface area contributed by atoms with Crippen LogP contribution in [-0.4, -0.2) is 44.7 Å². The van der Waals surface area contributed by atoms with Gasteiger partial charge in [-0.3, -0.25) is 4.79 Å². The van der Waals surface area contributed by atoms with Crippen molar-refractivity contribution >= 4 is 5.97 Å². The predicted octanol–water partition coefficient (Wildman–Crippen LogP) is 3.45. The first-order chi connectivity index (χ1) is 13.6. The van der Waals surface area contributed by atoms with E-state index >= 15 is 0 Å². The van der Waals surface area contributed by atoms with E-state index in [0.717, 1.165) is 44.9 Å². The highest BCUT2D eigenvalue weighted by Gasteiger charge is 2.65. The third-order valence-corrected chi connectivity index (χ3v) is 10.3. The molecule has 0 bridgehead atoms. The Balaban J connectivity index is 1.61. The molecule has 11 atom stereocenters. The summed E-state index contributed by atoms with van der Waals surface area (Å²) in [5, 5.41) is 42.0. The zero-order valence-electron chi connectivity index (χ0n) is 18.3. The average Bonchev–Trinajstić information content (AvgIpc) is 3.01. The Kier molecular flexibility index (Phi) is 5.57. The molecule has 4 N–H and O–H groups in total. The van der Waals surface area contributed by atoms with E-state index in [4.69, 9.17) is 5.11 Å². The fourth-order valence-electron chi connectivity index (χ4n) is 8.68. The molecule has 0 aromatic carbocycles. The third-order valence-electron chi connectivity index (χ3n) is 10.3. The summed E-state index contributed by atoms with van der Waals surface area (Å²) >= 11 is 0. The van der Waals surface area contributed by atoms with E-state index in [0.29, 0.717) is 30.1 Å². The van der Waals surface area contributed by atoms with Crippen molar-refractivity contribution in [3.63, 3.8) is 0 Å². The summed E-state index contributed by atoms with van der Waals surface area (Å²) in [5.74, 6) is 0.997. The van der Waals surface area contributed by atoms with Crippen LogP contribution >= 0.6 is 0 Å². The van der Waals surface area contributed by atoms with E-state index in [1.165, 1.54) is 0 Å². The van der Waals surface area contributed by atoms with Gasteiger partial charge < -0.3 is 20.4 Å². The molecule has 4 rings (SSSR count). The number of rotatable bonds is 4. The molecule has 0 aromatic heterocycles. The lowest BCUT2D eigenvalue weighted by atomic mass is 9.43. The topological polar surface area (TPSA) is 98.0 Å². The van der Waals surface area contributed by atoms with Crippen LogP contribution in [0.25, 0.3) is 0 Å². The summed E-state index contributed by atoms with van der Waals surface area (Å²) < 4.78 is 0. The first kappa shape index (κ1) is 21.6. The number of fused-ring (bicyclic) bond motifs is 5. The van der Waals surface area contributed by atoms with Crippen LogP contribution in [0.2, 0.25) is 0 Å². The highest BCUT2D eigenvalue weighted by molar-refractivity contribution is 5.66. The molecule has 0 spiro atoms. The Morgan fingerprint density at radius 1 is 1.03 bits per heavy atom. The number of hydrogen-bond acceptors (Lipinski definition) is 4. The molecule has 29 heavy (non-hydrogen) atoms. The lowest BCUT2D eigenvalue weighted by molar-refractivity contribution is -0.207. The number of carbonyl (C=O) groups is 1. The van der Waals surface area contributed by atoms with Crippen LogP contribution in [-0.2, 0) is 4.79 Å². The summed E-state index contributed by atoms with van der Waals surface area (Å²) in [6.45, 7) is 6.72. The molecule has 4 aliphatic rings. The number of hydrogen-bond donors (Lipinski definition) is 4. The minimum atomic E-state index is -0.748. The zero-order chi connectivity index (χ0) is 21.1. The second kappa shape index (κ2) is 7.49. The lowest BCUT2D eigenvalue weighted by Crippen LogP contribution is -2.62. The normalized spacial score (nSPS) is 52.9. The Morgan fingerprint density at radius 3 is 2.45 bits per heavy atom. The molecule has 4 fully saturated rings. The van der Waals surface area contributed by atoms with Crippen LogP contribution in [0.3, 0.4) is 0 Å². The Morgan fingerprint density at radius 2 is 1.76 bits per heavy atom. The molecule has 0 heterocycles. The molecule has 0 radical (unpaired) electrons. The molecule has 0 aliphatic heterocycles. The maximum Gasteiger partial charge on any atom is 0.303 e. The van der Waals surface area contributed by atoms with Crippen molar-refractivity contribution in [1.29, 1.82) is 0 Å². The first-order valence-corrected chi connectivity index (χ1v) is 11.8. The van der Waals surface area contributed by atoms with E-state index in [9.17, 15) is 20.1 Å². The van der Waals surface area contributed by atoms with Crippen LogP contribution in [0.5, 0.6) is 0 Å². The van der Waals surface area contributed by atoms with Crippen molar-refractivity contribution in [2.24, 2.45) is 46.3 Å². The average molecular weight is 409 g/mol. The van der Waals surface area contributed by atoms with E-state index in [2.05, 4.69) is 20.8 Å². The SMILES string of the molecule is CC(CCC(=O)O)[C@H]1CCC2[C@H]3C(CC(O)[C@@]21C)[C@@]1(C)CCC(O)C[C@H]1C[C@@H]3O. The summed E-state index contributed by atoms with van der Waals surface area (Å²) in [4.78, 5) is 11.1. The highest BCUT2D eigenvalue weighted by Crippen LogP contribution is 2.68. The van der Waals surface area contributed by atoms with Gasteiger partial charge in [-0.15, -0.1) is 0 Å². The number of aliphatic hydroxyl groups excluding tert-OH is 3. The second-order valence-electron chi connectivity index (χ2n) is 11.4. The zero-order valence-corrected chi connectivity index (χ0v) is 18.3. The number of aliphatic hydroxyl groups is 3. The van der Waals surface area contributed by atoms with Crippen molar-refractivity contribution in [2.75, 3.05) is 0 Å². The molecule has 4 saturated carbocycles. The van der Waals surface area contributed by atoms with Gasteiger partial charge in [-0.05, 0) is 97.7 Å². The van der Waals surface area contributed by atoms with Gasteiger partial charge in [-0.25, -0.2) is 0 Å². The van der Waals surface area contributed by atoms with Crippen LogP contribution in [0, 0.1) is 46.3 Å². The molecule has 4 aliphatic carbocycles. The Hall–Kier alpha value is -0.650. The van der Waals surface area contributed by atoms with Gasteiger partial charge in [0.15, 0.2) is 0 Å². The minimum absolute atomic E-state index is 0.0957. The third kappa shape index (κ3) is 3.27. The molecule has 166 valence electrons. The summed E-state index contributed by atoms with van der Waals surface area (Å²) in [6, 6.07) is 0. The largest absolute Gasteiger partial charge is 0.481 e. The molecule has 5 heteroatoms. The van der Waals surface area contributed by atoms with Crippen molar-refractivity contribution in [3.8, 4) is 0 Å². The summed E-state index contributed by atoms with van der Waals surface area (Å²) in [7, 11) is 0. The van der Waals surface area contributed by atoms with Gasteiger partial charge in [-0.1, -0.05) is 20.8 Å². The first-order valence-electron chi connectivity index (χ1n) is 11.8. The van der Waals surface area contributed by atoms with Gasteiger partial charge in [0.1, 0.15) is 0 Å². The second-order valence-corrected chi connectivity index (χ2v) is 11.4. The minimum Gasteiger partial charge on any atom is -0.481 e. The standard InChI is InChI=1S/C24H40O5/c1-13(4-7-21(28)29)16-5-6-17-22-18(12-20(27)24(16,17)3)23(2)9-8-15(25)10-14(23)11-19(22)26/h13-20,22,25-27H,4-12H2,1-3H3,(H,28,29)/t13?,14-,15?,16+,17?,18?,19-,20?,22-,23-,24+/m0/s1. The van der Waals surface area contributed by atoms with Crippen LogP contribution < -0.4 is 0 Å². The maximum absolute atomic E-state index is 11.5. The van der Waals surface area contributed by atoms with E-state index < -0.39 is 12.1 Å². The van der Waals surface area contributed by atoms with Gasteiger partial charge in [-0.2, -0.15) is 0 Å². The van der Waals surface area contributed by atoms with E-state index in [1.807, 2.05) is 0 Å². The Labute approximate surface area is 174 Å². The molecule has 5 unspecified atom stereocenters. The van der Waals surface area contributed by atoms with Gasteiger partial charge in [0.2, 0.25) is 0 Å². The number of carboxylic acid groups (broad SMARTS) is 1. The van der Waals surface area contributed by atoms with Crippen molar-refractivity contribution in [1.82, 2.24) is 0 Å². The predicted molar refractivity (Wildman–Crippen MR) is 110 cm³/mol. The van der Waals surface area contributed by atoms with Crippen molar-refractivity contribution in [2.45, 2.75) is 96.9 Å².